The van der Waals surface area contributed by atoms with Crippen LogP contribution in [0.25, 0.3) is 10.9 Å². The number of halogens is 1. The van der Waals surface area contributed by atoms with Gasteiger partial charge >= 0.3 is 0 Å². The minimum atomic E-state index is 0.942. The van der Waals surface area contributed by atoms with Crippen LogP contribution in [0.4, 0.5) is 0 Å². The van der Waals surface area contributed by atoms with Gasteiger partial charge in [0.1, 0.15) is 0 Å². The molecule has 1 heterocycles. The smallest absolute Gasteiger partial charge is 0.0737 e. The molecule has 0 aliphatic heterocycles. The Bertz CT molecular complexity index is 602. The van der Waals surface area contributed by atoms with Crippen molar-refractivity contribution in [3.63, 3.8) is 0 Å². The van der Waals surface area contributed by atoms with Crippen molar-refractivity contribution in [2.45, 2.75) is 38.4 Å². The van der Waals surface area contributed by atoms with Crippen LogP contribution in [0.3, 0.4) is 0 Å². The van der Waals surface area contributed by atoms with Gasteiger partial charge in [0.05, 0.1) is 5.52 Å². The number of benzene rings is 1. The van der Waals surface area contributed by atoms with Crippen molar-refractivity contribution >= 4 is 26.8 Å². The van der Waals surface area contributed by atoms with E-state index in [4.69, 9.17) is 4.98 Å². The number of aryl methyl sites for hydroxylation is 3. The molecule has 2 heteroatoms. The van der Waals surface area contributed by atoms with E-state index in [2.05, 4.69) is 41.9 Å². The molecule has 2 aromatic rings. The Morgan fingerprint density at radius 1 is 1.24 bits per heavy atom. The lowest BCUT2D eigenvalue weighted by atomic mass is 9.99. The van der Waals surface area contributed by atoms with E-state index in [1.165, 1.54) is 51.7 Å². The van der Waals surface area contributed by atoms with Crippen LogP contribution in [-0.2, 0) is 18.2 Å². The maximum absolute atomic E-state index is 4.88. The predicted molar refractivity (Wildman–Crippen MR) is 75.9 cm³/mol. The highest BCUT2D eigenvalue weighted by molar-refractivity contribution is 9.08. The summed E-state index contributed by atoms with van der Waals surface area (Å²) in [5.41, 5.74) is 8.13. The van der Waals surface area contributed by atoms with E-state index >= 15 is 0 Å². The highest BCUT2D eigenvalue weighted by Gasteiger charge is 2.19. The number of rotatable bonds is 1. The van der Waals surface area contributed by atoms with Crippen molar-refractivity contribution in [1.29, 1.82) is 0 Å². The molecule has 1 nitrogen and oxygen atoms in total. The molecule has 1 aliphatic rings. The molecule has 0 N–H and O–H groups in total. The van der Waals surface area contributed by atoms with Crippen molar-refractivity contribution < 1.29 is 0 Å². The van der Waals surface area contributed by atoms with Crippen LogP contribution in [0.1, 0.15) is 34.4 Å². The number of pyridine rings is 1. The van der Waals surface area contributed by atoms with Crippen molar-refractivity contribution in [2.24, 2.45) is 0 Å². The minimum Gasteiger partial charge on any atom is -0.252 e. The second kappa shape index (κ2) is 4.09. The summed E-state index contributed by atoms with van der Waals surface area (Å²) in [5.74, 6) is 0. The molecule has 1 aliphatic carbocycles. The molecule has 0 saturated heterocycles. The Morgan fingerprint density at radius 2 is 2.06 bits per heavy atom. The quantitative estimate of drug-likeness (QED) is 0.716. The molecule has 0 atom stereocenters. The highest BCUT2D eigenvalue weighted by atomic mass is 79.9. The SMILES string of the molecule is Cc1cc(C)c2nc3c(c(CBr)c2c1)CCC3. The number of aromatic nitrogens is 1. The first kappa shape index (κ1) is 11.2. The molecule has 0 spiro atoms. The van der Waals surface area contributed by atoms with Crippen molar-refractivity contribution in [3.8, 4) is 0 Å². The zero-order chi connectivity index (χ0) is 12.0. The van der Waals surface area contributed by atoms with Gasteiger partial charge < -0.3 is 0 Å². The number of nitrogens with zero attached hydrogens (tertiary/aromatic N) is 1. The molecular formula is C15H16BrN. The summed E-state index contributed by atoms with van der Waals surface area (Å²) in [6.07, 6.45) is 3.61. The third-order valence-corrected chi connectivity index (χ3v) is 4.26. The third kappa shape index (κ3) is 1.70. The van der Waals surface area contributed by atoms with Gasteiger partial charge in [0, 0.05) is 16.4 Å². The van der Waals surface area contributed by atoms with Crippen molar-refractivity contribution in [1.82, 2.24) is 4.98 Å². The molecule has 0 unspecified atom stereocenters. The van der Waals surface area contributed by atoms with E-state index in [9.17, 15) is 0 Å². The van der Waals surface area contributed by atoms with Crippen LogP contribution in [-0.4, -0.2) is 4.98 Å². The molecular weight excluding hydrogens is 274 g/mol. The first-order chi connectivity index (χ1) is 8.20. The van der Waals surface area contributed by atoms with Gasteiger partial charge in [-0.1, -0.05) is 27.6 Å². The molecule has 0 amide bonds. The summed E-state index contributed by atoms with van der Waals surface area (Å²) in [4.78, 5) is 4.88. The molecule has 1 aromatic heterocycles. The highest BCUT2D eigenvalue weighted by Crippen LogP contribution is 2.33. The zero-order valence-electron chi connectivity index (χ0n) is 10.3. The molecule has 0 fully saturated rings. The Balaban J connectivity index is 2.45. The Morgan fingerprint density at radius 3 is 2.82 bits per heavy atom. The average Bonchev–Trinajstić information content (AvgIpc) is 2.74. The van der Waals surface area contributed by atoms with Gasteiger partial charge in [-0.15, -0.1) is 0 Å². The molecule has 0 radical (unpaired) electrons. The molecule has 88 valence electrons. The number of hydrogen-bond acceptors (Lipinski definition) is 1. The summed E-state index contributed by atoms with van der Waals surface area (Å²) in [5, 5.41) is 2.29. The fraction of sp³-hybridized carbons (Fsp3) is 0.400. The summed E-state index contributed by atoms with van der Waals surface area (Å²) >= 11 is 3.65. The first-order valence-corrected chi connectivity index (χ1v) is 7.30. The first-order valence-electron chi connectivity index (χ1n) is 6.18. The lowest BCUT2D eigenvalue weighted by Gasteiger charge is -2.12. The van der Waals surface area contributed by atoms with Crippen LogP contribution < -0.4 is 0 Å². The fourth-order valence-electron chi connectivity index (χ4n) is 2.96. The van der Waals surface area contributed by atoms with Gasteiger partial charge in [0.25, 0.3) is 0 Å². The van der Waals surface area contributed by atoms with Gasteiger partial charge in [-0.05, 0) is 55.9 Å². The maximum atomic E-state index is 4.88. The van der Waals surface area contributed by atoms with E-state index in [0.29, 0.717) is 0 Å². The fourth-order valence-corrected chi connectivity index (χ4v) is 3.61. The zero-order valence-corrected chi connectivity index (χ0v) is 11.9. The van der Waals surface area contributed by atoms with Crippen LogP contribution in [0.2, 0.25) is 0 Å². The molecule has 17 heavy (non-hydrogen) atoms. The topological polar surface area (TPSA) is 12.9 Å². The van der Waals surface area contributed by atoms with Crippen LogP contribution in [0.5, 0.6) is 0 Å². The summed E-state index contributed by atoms with van der Waals surface area (Å²) in [6.45, 7) is 4.33. The summed E-state index contributed by atoms with van der Waals surface area (Å²) in [6, 6.07) is 4.51. The third-order valence-electron chi connectivity index (χ3n) is 3.70. The lowest BCUT2D eigenvalue weighted by molar-refractivity contribution is 0.899. The van der Waals surface area contributed by atoms with Crippen LogP contribution >= 0.6 is 15.9 Å². The van der Waals surface area contributed by atoms with E-state index in [-0.39, 0.29) is 0 Å². The monoisotopic (exact) mass is 289 g/mol. The van der Waals surface area contributed by atoms with Crippen LogP contribution in [0.15, 0.2) is 12.1 Å². The minimum absolute atomic E-state index is 0.942. The van der Waals surface area contributed by atoms with E-state index < -0.39 is 0 Å². The predicted octanol–water partition coefficient (Wildman–Crippen LogP) is 4.24. The molecule has 0 bridgehead atoms. The van der Waals surface area contributed by atoms with Gasteiger partial charge in [-0.25, -0.2) is 0 Å². The van der Waals surface area contributed by atoms with Crippen molar-refractivity contribution in [2.75, 3.05) is 0 Å². The molecule has 3 rings (SSSR count). The van der Waals surface area contributed by atoms with E-state index in [1.54, 1.807) is 0 Å². The Hall–Kier alpha value is -0.890. The lowest BCUT2D eigenvalue weighted by Crippen LogP contribution is -1.98. The number of alkyl halides is 1. The van der Waals surface area contributed by atoms with E-state index in [1.807, 2.05) is 0 Å². The summed E-state index contributed by atoms with van der Waals surface area (Å²) < 4.78 is 0. The van der Waals surface area contributed by atoms with Gasteiger partial charge in [-0.3, -0.25) is 4.98 Å². The largest absolute Gasteiger partial charge is 0.252 e. The standard InChI is InChI=1S/C15H16BrN/c1-9-6-10(2)15-12(7-9)13(8-16)11-4-3-5-14(11)17-15/h6-7H,3-5,8H2,1-2H3. The van der Waals surface area contributed by atoms with E-state index in [0.717, 1.165) is 11.8 Å². The van der Waals surface area contributed by atoms with Gasteiger partial charge in [-0.2, -0.15) is 0 Å². The van der Waals surface area contributed by atoms with Gasteiger partial charge in [0.15, 0.2) is 0 Å². The normalized spacial score (nSPS) is 14.3. The maximum Gasteiger partial charge on any atom is 0.0737 e. The average molecular weight is 290 g/mol. The second-order valence-corrected chi connectivity index (χ2v) is 5.54. The number of fused-ring (bicyclic) bond motifs is 2. The van der Waals surface area contributed by atoms with Crippen molar-refractivity contribution in [3.05, 3.63) is 40.1 Å². The Labute approximate surface area is 110 Å². The molecule has 0 saturated carbocycles. The second-order valence-electron chi connectivity index (χ2n) is 4.98. The molecule has 1 aromatic carbocycles. The van der Waals surface area contributed by atoms with Gasteiger partial charge in [0.2, 0.25) is 0 Å². The summed E-state index contributed by atoms with van der Waals surface area (Å²) in [7, 11) is 0. The van der Waals surface area contributed by atoms with Crippen LogP contribution in [0, 0.1) is 13.8 Å². The Kier molecular flexibility index (Phi) is 2.70. The number of hydrogen-bond donors (Lipinski definition) is 0.